The molecule has 0 fully saturated rings. The largest absolute Gasteiger partial charge is 0.352 e. The number of carbonyl (C=O) groups excluding carboxylic acids is 1. The quantitative estimate of drug-likeness (QED) is 0.497. The summed E-state index contributed by atoms with van der Waals surface area (Å²) in [5.41, 5.74) is 6.44. The van der Waals surface area contributed by atoms with E-state index in [9.17, 15) is 13.2 Å². The van der Waals surface area contributed by atoms with E-state index in [0.29, 0.717) is 11.1 Å². The summed E-state index contributed by atoms with van der Waals surface area (Å²) in [6.45, 7) is 0.498. The third kappa shape index (κ3) is 6.33. The second kappa shape index (κ2) is 7.65. The number of sulfonamides is 1. The molecule has 20 heavy (non-hydrogen) atoms. The summed E-state index contributed by atoms with van der Waals surface area (Å²) >= 11 is 0. The molecule has 1 aromatic rings. The van der Waals surface area contributed by atoms with Crippen molar-refractivity contribution in [1.82, 2.24) is 5.32 Å². The van der Waals surface area contributed by atoms with Gasteiger partial charge in [0.05, 0.1) is 12.3 Å². The Bertz CT molecular complexity index is 630. The number of nitrogens with two attached hydrogens (primary N) is 2. The lowest BCUT2D eigenvalue weighted by molar-refractivity contribution is 0.0953. The zero-order valence-corrected chi connectivity index (χ0v) is 11.7. The van der Waals surface area contributed by atoms with Gasteiger partial charge in [0, 0.05) is 17.7 Å². The molecule has 0 aromatic heterocycles. The Balaban J connectivity index is 2.55. The van der Waals surface area contributed by atoms with E-state index in [4.69, 9.17) is 10.9 Å². The van der Waals surface area contributed by atoms with Crippen LogP contribution in [0, 0.1) is 11.8 Å². The SMILES string of the molecule is NCC#Cc1cccc(C(=O)NCCCS(N)(=O)=O)c1. The first-order valence-corrected chi connectivity index (χ1v) is 7.71. The summed E-state index contributed by atoms with van der Waals surface area (Å²) in [5.74, 6) is 5.10. The molecule has 0 bridgehead atoms. The van der Waals surface area contributed by atoms with E-state index < -0.39 is 10.0 Å². The average Bonchev–Trinajstić information content (AvgIpc) is 2.40. The molecule has 0 aliphatic heterocycles. The Morgan fingerprint density at radius 3 is 2.75 bits per heavy atom. The molecule has 0 saturated heterocycles. The molecule has 0 aliphatic rings. The topological polar surface area (TPSA) is 115 Å². The van der Waals surface area contributed by atoms with Crippen molar-refractivity contribution < 1.29 is 13.2 Å². The first-order valence-electron chi connectivity index (χ1n) is 6.00. The number of primary sulfonamides is 1. The lowest BCUT2D eigenvalue weighted by Crippen LogP contribution is -2.27. The Morgan fingerprint density at radius 1 is 1.35 bits per heavy atom. The summed E-state index contributed by atoms with van der Waals surface area (Å²) in [6, 6.07) is 6.81. The van der Waals surface area contributed by atoms with Crippen LogP contribution in [0.15, 0.2) is 24.3 Å². The minimum atomic E-state index is -3.49. The average molecular weight is 295 g/mol. The molecule has 0 saturated carbocycles. The molecular formula is C13H17N3O3S. The van der Waals surface area contributed by atoms with Gasteiger partial charge in [-0.25, -0.2) is 13.6 Å². The van der Waals surface area contributed by atoms with Gasteiger partial charge in [-0.15, -0.1) is 0 Å². The number of benzene rings is 1. The third-order valence-electron chi connectivity index (χ3n) is 2.35. The first-order chi connectivity index (χ1) is 9.42. The number of nitrogens with one attached hydrogen (secondary N) is 1. The maximum atomic E-state index is 11.8. The fourth-order valence-electron chi connectivity index (χ4n) is 1.47. The van der Waals surface area contributed by atoms with E-state index >= 15 is 0 Å². The van der Waals surface area contributed by atoms with Crippen molar-refractivity contribution in [2.24, 2.45) is 10.9 Å². The van der Waals surface area contributed by atoms with Crippen LogP contribution in [-0.4, -0.2) is 33.2 Å². The first kappa shape index (κ1) is 16.2. The van der Waals surface area contributed by atoms with Gasteiger partial charge in [-0.1, -0.05) is 17.9 Å². The fraction of sp³-hybridized carbons (Fsp3) is 0.308. The van der Waals surface area contributed by atoms with E-state index in [1.165, 1.54) is 0 Å². The van der Waals surface area contributed by atoms with E-state index in [-0.39, 0.29) is 31.2 Å². The van der Waals surface area contributed by atoms with E-state index in [1.807, 2.05) is 0 Å². The highest BCUT2D eigenvalue weighted by Crippen LogP contribution is 2.04. The number of carbonyl (C=O) groups is 1. The van der Waals surface area contributed by atoms with Gasteiger partial charge in [0.2, 0.25) is 10.0 Å². The Morgan fingerprint density at radius 2 is 2.10 bits per heavy atom. The van der Waals surface area contributed by atoms with Gasteiger partial charge in [-0.05, 0) is 24.6 Å². The van der Waals surface area contributed by atoms with Crippen LogP contribution in [0.25, 0.3) is 0 Å². The van der Waals surface area contributed by atoms with E-state index in [0.717, 1.165) is 0 Å². The summed E-state index contributed by atoms with van der Waals surface area (Å²) in [7, 11) is -3.49. The highest BCUT2D eigenvalue weighted by Gasteiger charge is 2.06. The minimum Gasteiger partial charge on any atom is -0.352 e. The molecule has 7 heteroatoms. The summed E-state index contributed by atoms with van der Waals surface area (Å²) in [6.07, 6.45) is 0.275. The number of rotatable bonds is 5. The second-order valence-corrected chi connectivity index (χ2v) is 5.80. The Labute approximate surface area is 118 Å². The van der Waals surface area contributed by atoms with Crippen molar-refractivity contribution in [1.29, 1.82) is 0 Å². The standard InChI is InChI=1S/C13H17N3O3S/c14-7-2-5-11-4-1-6-12(10-11)13(17)16-8-3-9-20(15,18)19/h1,4,6,10H,3,7-9,14H2,(H,16,17)(H2,15,18,19). The smallest absolute Gasteiger partial charge is 0.251 e. The molecule has 5 N–H and O–H groups in total. The lowest BCUT2D eigenvalue weighted by Gasteiger charge is -2.05. The third-order valence-corrected chi connectivity index (χ3v) is 3.21. The molecule has 6 nitrogen and oxygen atoms in total. The van der Waals surface area contributed by atoms with Crippen molar-refractivity contribution in [2.45, 2.75) is 6.42 Å². The Kier molecular flexibility index (Phi) is 6.18. The highest BCUT2D eigenvalue weighted by molar-refractivity contribution is 7.89. The second-order valence-electron chi connectivity index (χ2n) is 4.06. The van der Waals surface area contributed by atoms with Crippen LogP contribution >= 0.6 is 0 Å². The van der Waals surface area contributed by atoms with Gasteiger partial charge in [-0.2, -0.15) is 0 Å². The van der Waals surface area contributed by atoms with Crippen molar-refractivity contribution in [3.05, 3.63) is 35.4 Å². The number of amides is 1. The van der Waals surface area contributed by atoms with E-state index in [2.05, 4.69) is 17.2 Å². The maximum absolute atomic E-state index is 11.8. The lowest BCUT2D eigenvalue weighted by atomic mass is 10.1. The highest BCUT2D eigenvalue weighted by atomic mass is 32.2. The van der Waals surface area contributed by atoms with Crippen LogP contribution < -0.4 is 16.2 Å². The maximum Gasteiger partial charge on any atom is 0.251 e. The van der Waals surface area contributed by atoms with Crippen molar-refractivity contribution in [3.8, 4) is 11.8 Å². The minimum absolute atomic E-state index is 0.157. The molecule has 0 radical (unpaired) electrons. The van der Waals surface area contributed by atoms with Crippen LogP contribution in [0.1, 0.15) is 22.3 Å². The molecule has 0 heterocycles. The molecular weight excluding hydrogens is 278 g/mol. The summed E-state index contributed by atoms with van der Waals surface area (Å²) in [4.78, 5) is 11.8. The molecule has 1 aromatic carbocycles. The van der Waals surface area contributed by atoms with Crippen LogP contribution in [0.5, 0.6) is 0 Å². The zero-order chi connectivity index (χ0) is 15.0. The Hall–Kier alpha value is -1.88. The molecule has 108 valence electrons. The molecule has 0 spiro atoms. The summed E-state index contributed by atoms with van der Waals surface area (Å²) in [5, 5.41) is 7.49. The van der Waals surface area contributed by atoms with Gasteiger partial charge in [-0.3, -0.25) is 4.79 Å². The van der Waals surface area contributed by atoms with Gasteiger partial charge in [0.1, 0.15) is 0 Å². The fourth-order valence-corrected chi connectivity index (χ4v) is 2.02. The zero-order valence-electron chi connectivity index (χ0n) is 10.9. The molecule has 0 aliphatic carbocycles. The van der Waals surface area contributed by atoms with Gasteiger partial charge < -0.3 is 11.1 Å². The predicted octanol–water partition coefficient (Wildman–Crippen LogP) is -0.595. The number of hydrogen-bond acceptors (Lipinski definition) is 4. The monoisotopic (exact) mass is 295 g/mol. The van der Waals surface area contributed by atoms with Crippen LogP contribution in [-0.2, 0) is 10.0 Å². The van der Waals surface area contributed by atoms with Crippen molar-refractivity contribution >= 4 is 15.9 Å². The van der Waals surface area contributed by atoms with Crippen LogP contribution in [0.4, 0.5) is 0 Å². The molecule has 1 rings (SSSR count). The van der Waals surface area contributed by atoms with Crippen LogP contribution in [0.2, 0.25) is 0 Å². The van der Waals surface area contributed by atoms with Gasteiger partial charge in [0.15, 0.2) is 0 Å². The molecule has 0 atom stereocenters. The normalized spacial score (nSPS) is 10.5. The molecule has 0 unspecified atom stereocenters. The van der Waals surface area contributed by atoms with Crippen molar-refractivity contribution in [2.75, 3.05) is 18.8 Å². The van der Waals surface area contributed by atoms with Crippen molar-refractivity contribution in [3.63, 3.8) is 0 Å². The van der Waals surface area contributed by atoms with Gasteiger partial charge in [0.25, 0.3) is 5.91 Å². The predicted molar refractivity (Wildman–Crippen MR) is 77.3 cm³/mol. The van der Waals surface area contributed by atoms with Crippen LogP contribution in [0.3, 0.4) is 0 Å². The molecule has 1 amide bonds. The van der Waals surface area contributed by atoms with Gasteiger partial charge >= 0.3 is 0 Å². The summed E-state index contributed by atoms with van der Waals surface area (Å²) < 4.78 is 21.5. The van der Waals surface area contributed by atoms with E-state index in [1.54, 1.807) is 24.3 Å². The number of hydrogen-bond donors (Lipinski definition) is 3.